The SMILES string of the molecule is Cc1cc2scc(C(C)(C(=O)Nc3ccc4ccccc4c3C)P(=O)(O)O)c2cc1Cl. The number of carbonyl (C=O) groups is 1. The fourth-order valence-electron chi connectivity index (χ4n) is 3.74. The van der Waals surface area contributed by atoms with Gasteiger partial charge in [-0.15, -0.1) is 11.3 Å². The van der Waals surface area contributed by atoms with Crippen molar-refractivity contribution in [3.63, 3.8) is 0 Å². The van der Waals surface area contributed by atoms with Gasteiger partial charge in [-0.3, -0.25) is 9.36 Å². The molecule has 0 aliphatic rings. The van der Waals surface area contributed by atoms with Crippen molar-refractivity contribution in [3.05, 3.63) is 75.6 Å². The summed E-state index contributed by atoms with van der Waals surface area (Å²) < 4.78 is 13.5. The lowest BCUT2D eigenvalue weighted by atomic mass is 9.97. The first-order valence-electron chi connectivity index (χ1n) is 9.57. The summed E-state index contributed by atoms with van der Waals surface area (Å²) in [6.07, 6.45) is 0. The predicted molar refractivity (Wildman–Crippen MR) is 128 cm³/mol. The number of halogens is 1. The molecule has 0 fully saturated rings. The largest absolute Gasteiger partial charge is 0.345 e. The second kappa shape index (κ2) is 7.73. The maximum atomic E-state index is 13.4. The number of hydrogen-bond donors (Lipinski definition) is 3. The smallest absolute Gasteiger partial charge is 0.324 e. The third kappa shape index (κ3) is 3.59. The quantitative estimate of drug-likeness (QED) is 0.301. The molecule has 3 aromatic carbocycles. The summed E-state index contributed by atoms with van der Waals surface area (Å²) in [5.41, 5.74) is 2.46. The maximum Gasteiger partial charge on any atom is 0.345 e. The zero-order chi connectivity index (χ0) is 22.6. The van der Waals surface area contributed by atoms with Crippen LogP contribution in [0.1, 0.15) is 23.6 Å². The van der Waals surface area contributed by atoms with E-state index in [2.05, 4.69) is 5.32 Å². The molecule has 0 saturated carbocycles. The molecule has 1 heterocycles. The highest BCUT2D eigenvalue weighted by Gasteiger charge is 2.52. The lowest BCUT2D eigenvalue weighted by Crippen LogP contribution is -2.37. The molecule has 160 valence electrons. The first-order valence-corrected chi connectivity index (χ1v) is 12.4. The van der Waals surface area contributed by atoms with E-state index in [1.807, 2.05) is 50.2 Å². The van der Waals surface area contributed by atoms with Crippen LogP contribution in [-0.4, -0.2) is 15.7 Å². The minimum absolute atomic E-state index is 0.263. The Hall–Kier alpha value is -2.21. The second-order valence-corrected chi connectivity index (χ2v) is 11.1. The molecule has 31 heavy (non-hydrogen) atoms. The summed E-state index contributed by atoms with van der Waals surface area (Å²) in [7, 11) is -4.91. The molecule has 0 bridgehead atoms. The van der Waals surface area contributed by atoms with Gasteiger partial charge in [0.25, 0.3) is 0 Å². The average Bonchev–Trinajstić information content (AvgIpc) is 3.11. The molecular weight excluding hydrogens is 453 g/mol. The molecule has 4 aromatic rings. The van der Waals surface area contributed by atoms with Crippen LogP contribution in [-0.2, 0) is 14.5 Å². The van der Waals surface area contributed by atoms with Crippen molar-refractivity contribution in [3.8, 4) is 0 Å². The van der Waals surface area contributed by atoms with Crippen LogP contribution in [0.4, 0.5) is 5.69 Å². The Morgan fingerprint density at radius 1 is 1.10 bits per heavy atom. The van der Waals surface area contributed by atoms with Crippen molar-refractivity contribution in [1.29, 1.82) is 0 Å². The number of benzene rings is 3. The monoisotopic (exact) mass is 473 g/mol. The van der Waals surface area contributed by atoms with E-state index in [0.717, 1.165) is 26.6 Å². The number of rotatable bonds is 4. The molecule has 3 N–H and O–H groups in total. The highest BCUT2D eigenvalue weighted by molar-refractivity contribution is 7.54. The highest BCUT2D eigenvalue weighted by atomic mass is 35.5. The fraction of sp³-hybridized carbons (Fsp3) is 0.174. The number of thiophene rings is 1. The molecule has 1 amide bonds. The molecule has 0 radical (unpaired) electrons. The molecule has 4 rings (SSSR count). The Bertz CT molecular complexity index is 1390. The van der Waals surface area contributed by atoms with E-state index in [0.29, 0.717) is 16.1 Å². The van der Waals surface area contributed by atoms with Gasteiger partial charge in [-0.2, -0.15) is 0 Å². The first-order chi connectivity index (χ1) is 14.5. The zero-order valence-corrected chi connectivity index (χ0v) is 19.6. The molecular formula is C23H21ClNO4PS. The number of aryl methyl sites for hydroxylation is 2. The molecule has 1 atom stereocenters. The summed E-state index contributed by atoms with van der Waals surface area (Å²) in [6, 6.07) is 14.9. The van der Waals surface area contributed by atoms with Gasteiger partial charge >= 0.3 is 7.60 Å². The lowest BCUT2D eigenvalue weighted by Gasteiger charge is -2.29. The Labute approximate surface area is 188 Å². The zero-order valence-electron chi connectivity index (χ0n) is 17.1. The number of anilines is 1. The number of nitrogens with one attached hydrogen (secondary N) is 1. The van der Waals surface area contributed by atoms with Crippen LogP contribution in [0.2, 0.25) is 5.02 Å². The van der Waals surface area contributed by atoms with Gasteiger partial charge in [0, 0.05) is 15.4 Å². The van der Waals surface area contributed by atoms with E-state index in [4.69, 9.17) is 11.6 Å². The van der Waals surface area contributed by atoms with Crippen molar-refractivity contribution in [2.75, 3.05) is 5.32 Å². The Morgan fingerprint density at radius 3 is 2.52 bits per heavy atom. The van der Waals surface area contributed by atoms with Crippen molar-refractivity contribution in [1.82, 2.24) is 0 Å². The van der Waals surface area contributed by atoms with Crippen molar-refractivity contribution in [2.24, 2.45) is 0 Å². The normalized spacial score (nSPS) is 14.0. The molecule has 0 aliphatic heterocycles. The van der Waals surface area contributed by atoms with Crippen LogP contribution in [0.3, 0.4) is 0 Å². The summed E-state index contributed by atoms with van der Waals surface area (Å²) in [5, 5.41) is 5.34. The molecule has 0 aliphatic carbocycles. The molecule has 1 aromatic heterocycles. The average molecular weight is 474 g/mol. The van der Waals surface area contributed by atoms with Gasteiger partial charge in [0.1, 0.15) is 0 Å². The third-order valence-electron chi connectivity index (χ3n) is 5.85. The summed E-state index contributed by atoms with van der Waals surface area (Å²) in [4.78, 5) is 34.0. The van der Waals surface area contributed by atoms with Gasteiger partial charge in [-0.05, 0) is 77.2 Å². The second-order valence-electron chi connectivity index (χ2n) is 7.78. The van der Waals surface area contributed by atoms with Gasteiger partial charge in [0.2, 0.25) is 5.91 Å². The van der Waals surface area contributed by atoms with Gasteiger partial charge in [0.15, 0.2) is 5.16 Å². The van der Waals surface area contributed by atoms with E-state index in [1.54, 1.807) is 17.5 Å². The van der Waals surface area contributed by atoms with E-state index >= 15 is 0 Å². The third-order valence-corrected chi connectivity index (χ3v) is 8.81. The van der Waals surface area contributed by atoms with Crippen LogP contribution in [0.5, 0.6) is 0 Å². The number of carbonyl (C=O) groups excluding carboxylic acids is 1. The van der Waals surface area contributed by atoms with Crippen LogP contribution in [0, 0.1) is 13.8 Å². The lowest BCUT2D eigenvalue weighted by molar-refractivity contribution is -0.118. The maximum absolute atomic E-state index is 13.4. The van der Waals surface area contributed by atoms with Gasteiger partial charge in [0.05, 0.1) is 0 Å². The highest BCUT2D eigenvalue weighted by Crippen LogP contribution is 2.59. The van der Waals surface area contributed by atoms with E-state index in [-0.39, 0.29) is 5.56 Å². The predicted octanol–water partition coefficient (Wildman–Crippen LogP) is 6.36. The molecule has 1 unspecified atom stereocenters. The summed E-state index contributed by atoms with van der Waals surface area (Å²) in [6.45, 7) is 5.02. The van der Waals surface area contributed by atoms with E-state index < -0.39 is 18.7 Å². The van der Waals surface area contributed by atoms with Crippen LogP contribution in [0.15, 0.2) is 53.9 Å². The van der Waals surface area contributed by atoms with Crippen LogP contribution in [0.25, 0.3) is 20.9 Å². The van der Waals surface area contributed by atoms with E-state index in [1.165, 1.54) is 18.3 Å². The van der Waals surface area contributed by atoms with Crippen molar-refractivity contribution < 1.29 is 19.1 Å². The minimum atomic E-state index is -4.91. The van der Waals surface area contributed by atoms with Crippen molar-refractivity contribution in [2.45, 2.75) is 25.9 Å². The Kier molecular flexibility index (Phi) is 5.49. The fourth-order valence-corrected chi connectivity index (χ4v) is 5.96. The van der Waals surface area contributed by atoms with E-state index in [9.17, 15) is 19.1 Å². The van der Waals surface area contributed by atoms with Crippen LogP contribution < -0.4 is 5.32 Å². The topological polar surface area (TPSA) is 86.6 Å². The van der Waals surface area contributed by atoms with Gasteiger partial charge < -0.3 is 15.1 Å². The van der Waals surface area contributed by atoms with Crippen LogP contribution >= 0.6 is 30.5 Å². The molecule has 5 nitrogen and oxygen atoms in total. The van der Waals surface area contributed by atoms with Gasteiger partial charge in [-0.25, -0.2) is 0 Å². The minimum Gasteiger partial charge on any atom is -0.324 e. The number of fused-ring (bicyclic) bond motifs is 2. The standard InChI is InChI=1S/C23H21ClNO4PS/c1-13-10-21-17(11-19(13)24)18(12-31-21)23(3,30(27,28)29)22(26)25-20-9-8-15-6-4-5-7-16(15)14(20)2/h4-12H,1-3H3,(H,25,26)(H2,27,28,29). The number of amides is 1. The summed E-state index contributed by atoms with van der Waals surface area (Å²) >= 11 is 7.60. The van der Waals surface area contributed by atoms with Gasteiger partial charge in [-0.1, -0.05) is 41.9 Å². The van der Waals surface area contributed by atoms with Crippen molar-refractivity contribution >= 4 is 63.0 Å². The molecule has 8 heteroatoms. The summed E-state index contributed by atoms with van der Waals surface area (Å²) in [5.74, 6) is -0.768. The Morgan fingerprint density at radius 2 is 1.81 bits per heavy atom. The Balaban J connectivity index is 1.84. The number of hydrogen-bond acceptors (Lipinski definition) is 3. The molecule has 0 spiro atoms. The molecule has 0 saturated heterocycles. The first kappa shape index (κ1) is 22.0.